The first-order chi connectivity index (χ1) is 11.6. The number of hydrogen-bond acceptors (Lipinski definition) is 4. The van der Waals surface area contributed by atoms with Crippen molar-refractivity contribution in [1.82, 2.24) is 4.98 Å². The molecule has 0 spiro atoms. The number of hydrogen-bond donors (Lipinski definition) is 2. The van der Waals surface area contributed by atoms with Crippen molar-refractivity contribution >= 4 is 33.8 Å². The number of nitrogens with one attached hydrogen (secondary N) is 2. The maximum absolute atomic E-state index is 12.2. The van der Waals surface area contributed by atoms with Gasteiger partial charge in [0.15, 0.2) is 5.13 Å². The van der Waals surface area contributed by atoms with E-state index in [1.54, 1.807) is 0 Å². The van der Waals surface area contributed by atoms with Gasteiger partial charge < -0.3 is 10.6 Å². The third-order valence-electron chi connectivity index (χ3n) is 3.80. The molecule has 2 N–H and O–H groups in total. The van der Waals surface area contributed by atoms with Crippen molar-refractivity contribution in [3.05, 3.63) is 70.7 Å². The van der Waals surface area contributed by atoms with Crippen LogP contribution in [0, 0.1) is 13.8 Å². The Hall–Kier alpha value is -2.66. The highest BCUT2D eigenvalue weighted by Gasteiger charge is 2.10. The van der Waals surface area contributed by atoms with E-state index in [4.69, 9.17) is 0 Å². The molecule has 0 radical (unpaired) electrons. The normalized spacial score (nSPS) is 10.4. The van der Waals surface area contributed by atoms with Crippen LogP contribution in [-0.2, 0) is 11.2 Å². The summed E-state index contributed by atoms with van der Waals surface area (Å²) in [5.74, 6) is -0.0553. The highest BCUT2D eigenvalue weighted by molar-refractivity contribution is 7.13. The molecule has 1 heterocycles. The topological polar surface area (TPSA) is 54.0 Å². The molecule has 1 aromatic heterocycles. The minimum Gasteiger partial charge on any atom is -0.332 e. The standard InChI is InChI=1S/C19H19N3OS/c1-13-7-6-10-17(14(13)2)22-18(23)11-16-12-24-19(21-16)20-15-8-4-3-5-9-15/h3-10,12H,11H2,1-2H3,(H,20,21)(H,22,23). The minimum absolute atomic E-state index is 0.0553. The third-order valence-corrected chi connectivity index (χ3v) is 4.60. The average molecular weight is 337 g/mol. The molecule has 0 bridgehead atoms. The van der Waals surface area contributed by atoms with Crippen LogP contribution >= 0.6 is 11.3 Å². The van der Waals surface area contributed by atoms with E-state index in [-0.39, 0.29) is 12.3 Å². The number of carbonyl (C=O) groups is 1. The quantitative estimate of drug-likeness (QED) is 0.710. The fourth-order valence-corrected chi connectivity index (χ4v) is 3.07. The Kier molecular flexibility index (Phi) is 4.91. The smallest absolute Gasteiger partial charge is 0.230 e. The van der Waals surface area contributed by atoms with Crippen molar-refractivity contribution in [2.45, 2.75) is 20.3 Å². The summed E-state index contributed by atoms with van der Waals surface area (Å²) in [7, 11) is 0. The lowest BCUT2D eigenvalue weighted by Gasteiger charge is -2.09. The second-order valence-electron chi connectivity index (χ2n) is 5.61. The highest BCUT2D eigenvalue weighted by atomic mass is 32.1. The van der Waals surface area contributed by atoms with Crippen LogP contribution in [0.2, 0.25) is 0 Å². The largest absolute Gasteiger partial charge is 0.332 e. The Morgan fingerprint density at radius 3 is 2.67 bits per heavy atom. The summed E-state index contributed by atoms with van der Waals surface area (Å²) in [6.07, 6.45) is 0.264. The number of benzene rings is 2. The van der Waals surface area contributed by atoms with Crippen molar-refractivity contribution in [2.75, 3.05) is 10.6 Å². The molecule has 0 atom stereocenters. The van der Waals surface area contributed by atoms with Gasteiger partial charge in [0.05, 0.1) is 12.1 Å². The Morgan fingerprint density at radius 1 is 1.08 bits per heavy atom. The number of nitrogens with zero attached hydrogens (tertiary/aromatic N) is 1. The zero-order valence-electron chi connectivity index (χ0n) is 13.7. The Bertz CT molecular complexity index is 843. The van der Waals surface area contributed by atoms with Crippen LogP contribution < -0.4 is 10.6 Å². The molecule has 5 heteroatoms. The number of aryl methyl sites for hydroxylation is 1. The summed E-state index contributed by atoms with van der Waals surface area (Å²) in [6, 6.07) is 15.8. The van der Waals surface area contributed by atoms with Gasteiger partial charge in [0, 0.05) is 16.8 Å². The Morgan fingerprint density at radius 2 is 1.88 bits per heavy atom. The molecular formula is C19H19N3OS. The first-order valence-corrected chi connectivity index (χ1v) is 8.62. The van der Waals surface area contributed by atoms with Crippen molar-refractivity contribution in [2.24, 2.45) is 0 Å². The molecule has 3 rings (SSSR count). The van der Waals surface area contributed by atoms with E-state index in [2.05, 4.69) is 15.6 Å². The molecule has 0 saturated carbocycles. The number of aromatic nitrogens is 1. The summed E-state index contributed by atoms with van der Waals surface area (Å²) in [6.45, 7) is 4.04. The number of amides is 1. The van der Waals surface area contributed by atoms with Gasteiger partial charge in [0.2, 0.25) is 5.91 Å². The van der Waals surface area contributed by atoms with Crippen LogP contribution in [0.15, 0.2) is 53.9 Å². The molecule has 122 valence electrons. The SMILES string of the molecule is Cc1cccc(NC(=O)Cc2csc(Nc3ccccc3)n2)c1C. The fraction of sp³-hybridized carbons (Fsp3) is 0.158. The van der Waals surface area contributed by atoms with E-state index < -0.39 is 0 Å². The molecule has 24 heavy (non-hydrogen) atoms. The molecule has 4 nitrogen and oxygen atoms in total. The predicted octanol–water partition coefficient (Wildman–Crippen LogP) is 4.68. The summed E-state index contributed by atoms with van der Waals surface area (Å²) in [4.78, 5) is 16.7. The number of carbonyl (C=O) groups excluding carboxylic acids is 1. The van der Waals surface area contributed by atoms with Gasteiger partial charge >= 0.3 is 0 Å². The number of anilines is 3. The summed E-state index contributed by atoms with van der Waals surface area (Å²) in [5.41, 5.74) is 4.86. The predicted molar refractivity (Wildman–Crippen MR) is 100 cm³/mol. The number of para-hydroxylation sites is 1. The van der Waals surface area contributed by atoms with Gasteiger partial charge in [-0.25, -0.2) is 4.98 Å². The summed E-state index contributed by atoms with van der Waals surface area (Å²) in [5, 5.41) is 8.90. The zero-order valence-corrected chi connectivity index (χ0v) is 14.5. The fourth-order valence-electron chi connectivity index (χ4n) is 2.34. The summed E-state index contributed by atoms with van der Waals surface area (Å²) < 4.78 is 0. The van der Waals surface area contributed by atoms with Crippen molar-refractivity contribution < 1.29 is 4.79 Å². The second kappa shape index (κ2) is 7.27. The first kappa shape index (κ1) is 16.2. The molecule has 1 amide bonds. The Balaban J connectivity index is 1.62. The van der Waals surface area contributed by atoms with Gasteiger partial charge in [-0.15, -0.1) is 11.3 Å². The molecule has 0 saturated heterocycles. The van der Waals surface area contributed by atoms with E-state index >= 15 is 0 Å². The van der Waals surface area contributed by atoms with Crippen LogP contribution in [0.5, 0.6) is 0 Å². The highest BCUT2D eigenvalue weighted by Crippen LogP contribution is 2.22. The van der Waals surface area contributed by atoms with Crippen LogP contribution in [0.3, 0.4) is 0 Å². The third kappa shape index (κ3) is 4.00. The zero-order chi connectivity index (χ0) is 16.9. The van der Waals surface area contributed by atoms with E-state index in [0.29, 0.717) is 0 Å². The van der Waals surface area contributed by atoms with Crippen molar-refractivity contribution in [1.29, 1.82) is 0 Å². The van der Waals surface area contributed by atoms with Crippen LogP contribution in [0.4, 0.5) is 16.5 Å². The molecule has 0 fully saturated rings. The maximum atomic E-state index is 12.2. The minimum atomic E-state index is -0.0553. The molecule has 0 aliphatic rings. The lowest BCUT2D eigenvalue weighted by molar-refractivity contribution is -0.115. The maximum Gasteiger partial charge on any atom is 0.230 e. The molecular weight excluding hydrogens is 318 g/mol. The molecule has 0 aliphatic carbocycles. The number of thiazole rings is 1. The van der Waals surface area contributed by atoms with Crippen molar-refractivity contribution in [3.8, 4) is 0 Å². The van der Waals surface area contributed by atoms with Gasteiger partial charge in [0.25, 0.3) is 0 Å². The monoisotopic (exact) mass is 337 g/mol. The molecule has 3 aromatic rings. The van der Waals surface area contributed by atoms with Gasteiger partial charge in [-0.1, -0.05) is 30.3 Å². The number of rotatable bonds is 5. The van der Waals surface area contributed by atoms with Crippen molar-refractivity contribution in [3.63, 3.8) is 0 Å². The molecule has 0 unspecified atom stereocenters. The lowest BCUT2D eigenvalue weighted by atomic mass is 10.1. The van der Waals surface area contributed by atoms with Crippen LogP contribution in [0.1, 0.15) is 16.8 Å². The van der Waals surface area contributed by atoms with Gasteiger partial charge in [-0.2, -0.15) is 0 Å². The van der Waals surface area contributed by atoms with E-state index in [9.17, 15) is 4.79 Å². The van der Waals surface area contributed by atoms with Gasteiger partial charge in [-0.3, -0.25) is 4.79 Å². The summed E-state index contributed by atoms with van der Waals surface area (Å²) >= 11 is 1.50. The molecule has 2 aromatic carbocycles. The van der Waals surface area contributed by atoms with Crippen LogP contribution in [-0.4, -0.2) is 10.9 Å². The molecule has 0 aliphatic heterocycles. The van der Waals surface area contributed by atoms with Gasteiger partial charge in [0.1, 0.15) is 0 Å². The van der Waals surface area contributed by atoms with E-state index in [1.165, 1.54) is 11.3 Å². The van der Waals surface area contributed by atoms with E-state index in [1.807, 2.05) is 67.8 Å². The lowest BCUT2D eigenvalue weighted by Crippen LogP contribution is -2.15. The Labute approximate surface area is 145 Å². The first-order valence-electron chi connectivity index (χ1n) is 7.74. The average Bonchev–Trinajstić information content (AvgIpc) is 2.99. The van der Waals surface area contributed by atoms with Gasteiger partial charge in [-0.05, 0) is 43.2 Å². The second-order valence-corrected chi connectivity index (χ2v) is 6.47. The van der Waals surface area contributed by atoms with E-state index in [0.717, 1.165) is 33.3 Å². The van der Waals surface area contributed by atoms with Crippen LogP contribution in [0.25, 0.3) is 0 Å².